The number of hydrogen-bond acceptors (Lipinski definition) is 3. The Bertz CT molecular complexity index is 3500. The lowest BCUT2D eigenvalue weighted by Crippen LogP contribution is -2.61. The van der Waals surface area contributed by atoms with Gasteiger partial charge in [-0.15, -0.1) is 11.3 Å². The van der Waals surface area contributed by atoms with Gasteiger partial charge in [-0.2, -0.15) is 0 Å². The molecule has 1 aromatic heterocycles. The lowest BCUT2D eigenvalue weighted by Gasteiger charge is -2.45. The van der Waals surface area contributed by atoms with Crippen LogP contribution < -0.4 is 26.2 Å². The van der Waals surface area contributed by atoms with E-state index in [9.17, 15) is 0 Å². The minimum absolute atomic E-state index is 0.0255. The fourth-order valence-electron chi connectivity index (χ4n) is 10.6. The fourth-order valence-corrected chi connectivity index (χ4v) is 11.7. The minimum Gasteiger partial charge on any atom is -0.311 e. The van der Waals surface area contributed by atoms with Gasteiger partial charge in [0.05, 0.1) is 5.69 Å². The second kappa shape index (κ2) is 15.2. The molecule has 10 aromatic rings. The summed E-state index contributed by atoms with van der Waals surface area (Å²) in [6, 6.07) is 75.2. The molecule has 0 N–H and O–H groups in total. The zero-order valence-corrected chi connectivity index (χ0v) is 39.2. The summed E-state index contributed by atoms with van der Waals surface area (Å²) in [5.74, 6) is 0. The highest BCUT2D eigenvalue weighted by Crippen LogP contribution is 2.48. The van der Waals surface area contributed by atoms with Crippen LogP contribution in [-0.2, 0) is 10.8 Å². The lowest BCUT2D eigenvalue weighted by atomic mass is 9.33. The summed E-state index contributed by atoms with van der Waals surface area (Å²) in [6.45, 7) is 14.0. The predicted molar refractivity (Wildman–Crippen MR) is 287 cm³/mol. The minimum atomic E-state index is -0.0345. The number of anilines is 6. The molecule has 66 heavy (non-hydrogen) atoms. The first-order valence-electron chi connectivity index (χ1n) is 23.3. The Morgan fingerprint density at radius 1 is 0.379 bits per heavy atom. The van der Waals surface area contributed by atoms with Gasteiger partial charge in [0.2, 0.25) is 0 Å². The molecule has 318 valence electrons. The van der Waals surface area contributed by atoms with Crippen LogP contribution in [0, 0.1) is 0 Å². The molecule has 0 saturated carbocycles. The van der Waals surface area contributed by atoms with Crippen LogP contribution in [0.2, 0.25) is 0 Å². The maximum atomic E-state index is 2.57. The Morgan fingerprint density at radius 2 is 0.970 bits per heavy atom. The summed E-state index contributed by atoms with van der Waals surface area (Å²) >= 11 is 1.88. The second-order valence-electron chi connectivity index (χ2n) is 20.1. The average Bonchev–Trinajstić information content (AvgIpc) is 3.73. The molecular weight excluding hydrogens is 816 g/mol. The third-order valence-electron chi connectivity index (χ3n) is 14.0. The van der Waals surface area contributed by atoms with Crippen LogP contribution in [0.1, 0.15) is 52.7 Å². The summed E-state index contributed by atoms with van der Waals surface area (Å²) in [7, 11) is 0. The quantitative estimate of drug-likeness (QED) is 0.159. The number of nitrogens with zero attached hydrogens (tertiary/aromatic N) is 2. The van der Waals surface area contributed by atoms with Crippen molar-refractivity contribution < 1.29 is 0 Å². The number of thiophene rings is 1. The van der Waals surface area contributed by atoms with Crippen molar-refractivity contribution in [3.63, 3.8) is 0 Å². The summed E-state index contributed by atoms with van der Waals surface area (Å²) in [4.78, 5) is 5.12. The smallest absolute Gasteiger partial charge is 0.252 e. The highest BCUT2D eigenvalue weighted by Gasteiger charge is 2.44. The molecule has 3 heterocycles. The van der Waals surface area contributed by atoms with E-state index in [0.29, 0.717) is 0 Å². The molecule has 0 radical (unpaired) electrons. The van der Waals surface area contributed by atoms with Gasteiger partial charge in [-0.25, -0.2) is 0 Å². The van der Waals surface area contributed by atoms with Crippen molar-refractivity contribution in [2.24, 2.45) is 0 Å². The summed E-state index contributed by atoms with van der Waals surface area (Å²) < 4.78 is 2.65. The number of benzene rings is 9. The van der Waals surface area contributed by atoms with Crippen molar-refractivity contribution in [3.05, 3.63) is 211 Å². The van der Waals surface area contributed by atoms with E-state index in [0.717, 1.165) is 11.4 Å². The molecule has 0 spiro atoms. The highest BCUT2D eigenvalue weighted by atomic mass is 32.1. The van der Waals surface area contributed by atoms with Crippen LogP contribution in [0.3, 0.4) is 0 Å². The van der Waals surface area contributed by atoms with Crippen molar-refractivity contribution in [3.8, 4) is 33.4 Å². The van der Waals surface area contributed by atoms with E-state index in [2.05, 4.69) is 252 Å². The van der Waals surface area contributed by atoms with E-state index in [4.69, 9.17) is 0 Å². The standard InChI is InChI=1S/C62H51BN2S/c1-61(2,3)44-31-36-53-51(38-44)63-50-34-30-45(62(4,5)6)39-56(50)64(46-32-27-42(28-33-46)47-22-15-26-58-59(47)48-21-13-14-25-57(48)66-58)54-23-16-24-55(60(54)63)65(53)52-35-29-43(40-17-9-7-10-18-40)37-49(52)41-19-11-8-12-20-41/h7-39H,1-6H3. The first kappa shape index (κ1) is 40.4. The summed E-state index contributed by atoms with van der Waals surface area (Å²) in [6.07, 6.45) is 0. The molecule has 0 amide bonds. The van der Waals surface area contributed by atoms with Crippen LogP contribution in [0.15, 0.2) is 200 Å². The van der Waals surface area contributed by atoms with Gasteiger partial charge >= 0.3 is 0 Å². The molecule has 2 aliphatic rings. The van der Waals surface area contributed by atoms with Crippen molar-refractivity contribution in [1.82, 2.24) is 0 Å². The Balaban J connectivity index is 1.10. The number of fused-ring (bicyclic) bond motifs is 7. The molecule has 0 atom stereocenters. The van der Waals surface area contributed by atoms with Crippen LogP contribution in [0.25, 0.3) is 53.6 Å². The third-order valence-corrected chi connectivity index (χ3v) is 15.1. The summed E-state index contributed by atoms with van der Waals surface area (Å²) in [5.41, 5.74) is 21.1. The van der Waals surface area contributed by atoms with Gasteiger partial charge in [-0.05, 0) is 127 Å². The van der Waals surface area contributed by atoms with E-state index >= 15 is 0 Å². The van der Waals surface area contributed by atoms with E-state index in [1.165, 1.54) is 104 Å². The predicted octanol–water partition coefficient (Wildman–Crippen LogP) is 15.7. The Hall–Kier alpha value is -7.14. The fraction of sp³-hybridized carbons (Fsp3) is 0.129. The molecule has 0 fully saturated rings. The number of hydrogen-bond donors (Lipinski definition) is 0. The van der Waals surface area contributed by atoms with Gasteiger partial charge in [-0.1, -0.05) is 181 Å². The molecule has 12 rings (SSSR count). The average molecular weight is 867 g/mol. The second-order valence-corrected chi connectivity index (χ2v) is 21.2. The molecule has 2 nitrogen and oxygen atoms in total. The largest absolute Gasteiger partial charge is 0.311 e. The van der Waals surface area contributed by atoms with Gasteiger partial charge in [0.15, 0.2) is 0 Å². The van der Waals surface area contributed by atoms with E-state index < -0.39 is 0 Å². The maximum Gasteiger partial charge on any atom is 0.252 e. The van der Waals surface area contributed by atoms with Crippen LogP contribution in [0.5, 0.6) is 0 Å². The maximum absolute atomic E-state index is 2.57. The van der Waals surface area contributed by atoms with Gasteiger partial charge in [0, 0.05) is 54.2 Å². The van der Waals surface area contributed by atoms with Crippen molar-refractivity contribution in [2.45, 2.75) is 52.4 Å². The van der Waals surface area contributed by atoms with E-state index in [1.54, 1.807) is 0 Å². The molecule has 0 saturated heterocycles. The first-order valence-corrected chi connectivity index (χ1v) is 24.1. The Labute approximate surface area is 393 Å². The van der Waals surface area contributed by atoms with E-state index in [-0.39, 0.29) is 17.5 Å². The van der Waals surface area contributed by atoms with Crippen LogP contribution in [-0.4, -0.2) is 6.71 Å². The SMILES string of the molecule is CC(C)(C)c1ccc2c(c1)B1c3ccc(C(C)(C)C)cc3N(c3ccc(-c4cccc5sc6ccccc6c45)cc3)c3cccc(c31)N2c1ccc(-c2ccccc2)cc1-c1ccccc1. The monoisotopic (exact) mass is 866 g/mol. The molecule has 4 heteroatoms. The zero-order valence-electron chi connectivity index (χ0n) is 38.4. The topological polar surface area (TPSA) is 6.48 Å². The van der Waals surface area contributed by atoms with E-state index in [1.807, 2.05) is 11.3 Å². The third kappa shape index (κ3) is 6.53. The van der Waals surface area contributed by atoms with Crippen molar-refractivity contribution >= 4 is 88.7 Å². The molecule has 2 aliphatic heterocycles. The van der Waals surface area contributed by atoms with Gasteiger partial charge < -0.3 is 9.80 Å². The normalized spacial score (nSPS) is 13.2. The lowest BCUT2D eigenvalue weighted by molar-refractivity contribution is 0.590. The highest BCUT2D eigenvalue weighted by molar-refractivity contribution is 7.26. The van der Waals surface area contributed by atoms with Crippen LogP contribution in [0.4, 0.5) is 34.1 Å². The van der Waals surface area contributed by atoms with Crippen LogP contribution >= 0.6 is 11.3 Å². The Kier molecular flexibility index (Phi) is 9.31. The van der Waals surface area contributed by atoms with Crippen molar-refractivity contribution in [2.75, 3.05) is 9.80 Å². The van der Waals surface area contributed by atoms with Crippen molar-refractivity contribution in [1.29, 1.82) is 0 Å². The number of rotatable bonds is 5. The molecular formula is C62H51BN2S. The zero-order chi connectivity index (χ0) is 44.9. The first-order chi connectivity index (χ1) is 32.0. The van der Waals surface area contributed by atoms with Gasteiger partial charge in [-0.3, -0.25) is 0 Å². The summed E-state index contributed by atoms with van der Waals surface area (Å²) in [5, 5.41) is 2.66. The van der Waals surface area contributed by atoms with Gasteiger partial charge in [0.25, 0.3) is 6.71 Å². The molecule has 9 aromatic carbocycles. The Morgan fingerprint density at radius 3 is 1.71 bits per heavy atom. The molecule has 0 aliphatic carbocycles. The molecule has 0 bridgehead atoms. The molecule has 0 unspecified atom stereocenters. The van der Waals surface area contributed by atoms with Gasteiger partial charge in [0.1, 0.15) is 0 Å².